The zero-order valence-corrected chi connectivity index (χ0v) is 10.8. The molecule has 1 unspecified atom stereocenters. The minimum absolute atomic E-state index is 0.540. The predicted molar refractivity (Wildman–Crippen MR) is 72.8 cm³/mol. The van der Waals surface area contributed by atoms with Gasteiger partial charge in [0.1, 0.15) is 5.75 Å². The molecule has 2 aromatic rings. The van der Waals surface area contributed by atoms with Crippen LogP contribution in [-0.4, -0.2) is 12.2 Å². The molecule has 2 nitrogen and oxygen atoms in total. The van der Waals surface area contributed by atoms with Gasteiger partial charge in [-0.05, 0) is 24.1 Å². The highest BCUT2D eigenvalue weighted by molar-refractivity contribution is 5.36. The van der Waals surface area contributed by atoms with E-state index in [1.807, 2.05) is 42.5 Å². The maximum Gasteiger partial charge on any atom is 0.124 e. The standard InChI is InChI=1S/C16H18O2/c1-12-7-3-4-8-13(12)11-15(17)14-9-5-6-10-16(14)18-2/h3-10,15,17H,11H2,1-2H3. The van der Waals surface area contributed by atoms with Gasteiger partial charge >= 0.3 is 0 Å². The lowest BCUT2D eigenvalue weighted by Crippen LogP contribution is -2.05. The lowest BCUT2D eigenvalue weighted by Gasteiger charge is -2.15. The van der Waals surface area contributed by atoms with Crippen molar-refractivity contribution in [3.8, 4) is 5.75 Å². The van der Waals surface area contributed by atoms with Crippen LogP contribution in [0.15, 0.2) is 48.5 Å². The van der Waals surface area contributed by atoms with Crippen LogP contribution in [0, 0.1) is 6.92 Å². The van der Waals surface area contributed by atoms with Crippen LogP contribution in [0.3, 0.4) is 0 Å². The molecular weight excluding hydrogens is 224 g/mol. The van der Waals surface area contributed by atoms with Crippen molar-refractivity contribution in [2.75, 3.05) is 7.11 Å². The third-order valence-corrected chi connectivity index (χ3v) is 3.17. The first kappa shape index (κ1) is 12.7. The SMILES string of the molecule is COc1ccccc1C(O)Cc1ccccc1C. The number of hydrogen-bond acceptors (Lipinski definition) is 2. The summed E-state index contributed by atoms with van der Waals surface area (Å²) >= 11 is 0. The molecule has 0 spiro atoms. The quantitative estimate of drug-likeness (QED) is 0.891. The molecule has 0 aliphatic carbocycles. The molecule has 0 amide bonds. The monoisotopic (exact) mass is 242 g/mol. The van der Waals surface area contributed by atoms with E-state index in [-0.39, 0.29) is 0 Å². The summed E-state index contributed by atoms with van der Waals surface area (Å²) in [7, 11) is 1.62. The van der Waals surface area contributed by atoms with Crippen LogP contribution in [0.2, 0.25) is 0 Å². The Morgan fingerprint density at radius 2 is 1.72 bits per heavy atom. The van der Waals surface area contributed by atoms with Crippen LogP contribution >= 0.6 is 0 Å². The molecule has 0 heterocycles. The van der Waals surface area contributed by atoms with Crippen LogP contribution in [0.4, 0.5) is 0 Å². The summed E-state index contributed by atoms with van der Waals surface area (Å²) in [6.07, 6.45) is 0.0646. The van der Waals surface area contributed by atoms with Gasteiger partial charge in [0, 0.05) is 12.0 Å². The maximum atomic E-state index is 10.3. The van der Waals surface area contributed by atoms with Crippen molar-refractivity contribution in [1.82, 2.24) is 0 Å². The van der Waals surface area contributed by atoms with Gasteiger partial charge in [-0.2, -0.15) is 0 Å². The Bertz CT molecular complexity index is 520. The van der Waals surface area contributed by atoms with Gasteiger partial charge in [0.25, 0.3) is 0 Å². The lowest BCUT2D eigenvalue weighted by molar-refractivity contribution is 0.174. The topological polar surface area (TPSA) is 29.5 Å². The largest absolute Gasteiger partial charge is 0.496 e. The highest BCUT2D eigenvalue weighted by atomic mass is 16.5. The average Bonchev–Trinajstić information content (AvgIpc) is 2.41. The summed E-state index contributed by atoms with van der Waals surface area (Å²) < 4.78 is 5.27. The molecule has 0 aliphatic heterocycles. The highest BCUT2D eigenvalue weighted by Gasteiger charge is 2.13. The first-order chi connectivity index (χ1) is 8.72. The number of aliphatic hydroxyl groups excluding tert-OH is 1. The minimum atomic E-state index is -0.540. The number of aliphatic hydroxyl groups is 1. The molecule has 0 saturated heterocycles. The fraction of sp³-hybridized carbons (Fsp3) is 0.250. The molecule has 2 aromatic carbocycles. The van der Waals surface area contributed by atoms with Crippen molar-refractivity contribution < 1.29 is 9.84 Å². The van der Waals surface area contributed by atoms with Crippen LogP contribution in [-0.2, 0) is 6.42 Å². The number of hydrogen-bond donors (Lipinski definition) is 1. The second kappa shape index (κ2) is 5.69. The zero-order chi connectivity index (χ0) is 13.0. The first-order valence-corrected chi connectivity index (χ1v) is 6.08. The van der Waals surface area contributed by atoms with Gasteiger partial charge in [0.2, 0.25) is 0 Å². The van der Waals surface area contributed by atoms with E-state index in [9.17, 15) is 5.11 Å². The molecule has 0 saturated carbocycles. The average molecular weight is 242 g/mol. The van der Waals surface area contributed by atoms with Gasteiger partial charge in [-0.25, -0.2) is 0 Å². The molecule has 1 atom stereocenters. The number of aryl methyl sites for hydroxylation is 1. The van der Waals surface area contributed by atoms with Gasteiger partial charge in [-0.3, -0.25) is 0 Å². The molecular formula is C16H18O2. The van der Waals surface area contributed by atoms with E-state index in [0.29, 0.717) is 6.42 Å². The Labute approximate surface area is 108 Å². The summed E-state index contributed by atoms with van der Waals surface area (Å²) in [6.45, 7) is 2.06. The molecule has 2 heteroatoms. The van der Waals surface area contributed by atoms with E-state index in [1.165, 1.54) is 5.56 Å². The second-order valence-corrected chi connectivity index (χ2v) is 4.39. The fourth-order valence-corrected chi connectivity index (χ4v) is 2.10. The van der Waals surface area contributed by atoms with Crippen molar-refractivity contribution in [1.29, 1.82) is 0 Å². The van der Waals surface area contributed by atoms with E-state index >= 15 is 0 Å². The third kappa shape index (κ3) is 2.71. The molecule has 18 heavy (non-hydrogen) atoms. The van der Waals surface area contributed by atoms with E-state index < -0.39 is 6.10 Å². The molecule has 2 rings (SSSR count). The third-order valence-electron chi connectivity index (χ3n) is 3.17. The van der Waals surface area contributed by atoms with Crippen molar-refractivity contribution in [3.63, 3.8) is 0 Å². The summed E-state index contributed by atoms with van der Waals surface area (Å²) in [6, 6.07) is 15.7. The maximum absolute atomic E-state index is 10.3. The van der Waals surface area contributed by atoms with Gasteiger partial charge in [0.05, 0.1) is 13.2 Å². The normalized spacial score (nSPS) is 12.2. The van der Waals surface area contributed by atoms with Gasteiger partial charge in [-0.1, -0.05) is 42.5 Å². The Morgan fingerprint density at radius 1 is 1.06 bits per heavy atom. The van der Waals surface area contributed by atoms with Crippen LogP contribution < -0.4 is 4.74 Å². The van der Waals surface area contributed by atoms with E-state index in [2.05, 4.69) is 13.0 Å². The Kier molecular flexibility index (Phi) is 4.00. The minimum Gasteiger partial charge on any atom is -0.496 e. The number of rotatable bonds is 4. The van der Waals surface area contributed by atoms with Gasteiger partial charge in [0.15, 0.2) is 0 Å². The number of benzene rings is 2. The van der Waals surface area contributed by atoms with Crippen molar-refractivity contribution in [2.24, 2.45) is 0 Å². The van der Waals surface area contributed by atoms with E-state index in [1.54, 1.807) is 7.11 Å². The molecule has 0 aliphatic rings. The van der Waals surface area contributed by atoms with Crippen molar-refractivity contribution in [2.45, 2.75) is 19.4 Å². The van der Waals surface area contributed by atoms with Gasteiger partial charge in [-0.15, -0.1) is 0 Å². The summed E-state index contributed by atoms with van der Waals surface area (Å²) in [5, 5.41) is 10.3. The Morgan fingerprint density at radius 3 is 2.44 bits per heavy atom. The molecule has 0 aromatic heterocycles. The lowest BCUT2D eigenvalue weighted by atomic mass is 9.98. The molecule has 1 N–H and O–H groups in total. The van der Waals surface area contributed by atoms with Crippen molar-refractivity contribution in [3.05, 3.63) is 65.2 Å². The fourth-order valence-electron chi connectivity index (χ4n) is 2.10. The molecule has 0 bridgehead atoms. The number of methoxy groups -OCH3 is 1. The molecule has 0 fully saturated rings. The van der Waals surface area contributed by atoms with Crippen LogP contribution in [0.1, 0.15) is 22.8 Å². The molecule has 94 valence electrons. The van der Waals surface area contributed by atoms with E-state index in [4.69, 9.17) is 4.74 Å². The van der Waals surface area contributed by atoms with Crippen LogP contribution in [0.5, 0.6) is 5.75 Å². The zero-order valence-electron chi connectivity index (χ0n) is 10.8. The van der Waals surface area contributed by atoms with Crippen LogP contribution in [0.25, 0.3) is 0 Å². The van der Waals surface area contributed by atoms with Gasteiger partial charge < -0.3 is 9.84 Å². The van der Waals surface area contributed by atoms with Crippen molar-refractivity contribution >= 4 is 0 Å². The number of ether oxygens (including phenoxy) is 1. The second-order valence-electron chi connectivity index (χ2n) is 4.39. The smallest absolute Gasteiger partial charge is 0.124 e. The first-order valence-electron chi connectivity index (χ1n) is 6.08. The van der Waals surface area contributed by atoms with E-state index in [0.717, 1.165) is 16.9 Å². The predicted octanol–water partition coefficient (Wildman–Crippen LogP) is 3.28. The Hall–Kier alpha value is -1.80. The summed E-state index contributed by atoms with van der Waals surface area (Å²) in [5.41, 5.74) is 3.20. The summed E-state index contributed by atoms with van der Waals surface area (Å²) in [4.78, 5) is 0. The highest BCUT2D eigenvalue weighted by Crippen LogP contribution is 2.27. The molecule has 0 radical (unpaired) electrons. The number of para-hydroxylation sites is 1. The summed E-state index contributed by atoms with van der Waals surface area (Å²) in [5.74, 6) is 0.735. The Balaban J connectivity index is 2.22.